The minimum atomic E-state index is -0.853. The summed E-state index contributed by atoms with van der Waals surface area (Å²) >= 11 is 0. The van der Waals surface area contributed by atoms with E-state index in [0.717, 1.165) is 17.5 Å². The van der Waals surface area contributed by atoms with Gasteiger partial charge in [-0.05, 0) is 24.1 Å². The summed E-state index contributed by atoms with van der Waals surface area (Å²) in [7, 11) is 1.85. The molecule has 1 heterocycles. The van der Waals surface area contributed by atoms with Crippen LogP contribution in [0.5, 0.6) is 0 Å². The first-order chi connectivity index (χ1) is 7.61. The minimum absolute atomic E-state index is 0.0351. The highest BCUT2D eigenvalue weighted by atomic mass is 16.4. The number of imidazole rings is 1. The Morgan fingerprint density at radius 1 is 1.50 bits per heavy atom. The predicted molar refractivity (Wildman–Crippen MR) is 61.4 cm³/mol. The van der Waals surface area contributed by atoms with E-state index >= 15 is 0 Å². The van der Waals surface area contributed by atoms with Crippen LogP contribution in [-0.4, -0.2) is 20.6 Å². The number of carboxylic acids is 1. The molecule has 84 valence electrons. The average molecular weight is 218 g/mol. The van der Waals surface area contributed by atoms with Crippen LogP contribution in [0.4, 0.5) is 0 Å². The Hall–Kier alpha value is -1.84. The molecule has 0 atom stereocenters. The quantitative estimate of drug-likeness (QED) is 0.854. The SMILES string of the molecule is CCc1ccc2c(c1)nc(CC(=O)O)n2C. The molecule has 0 unspecified atom stereocenters. The summed E-state index contributed by atoms with van der Waals surface area (Å²) in [4.78, 5) is 15.0. The van der Waals surface area contributed by atoms with Crippen molar-refractivity contribution in [3.05, 3.63) is 29.6 Å². The van der Waals surface area contributed by atoms with Crippen molar-refractivity contribution in [3.63, 3.8) is 0 Å². The number of benzene rings is 1. The van der Waals surface area contributed by atoms with Crippen LogP contribution < -0.4 is 0 Å². The molecule has 1 N–H and O–H groups in total. The van der Waals surface area contributed by atoms with E-state index in [1.54, 1.807) is 0 Å². The summed E-state index contributed by atoms with van der Waals surface area (Å²) in [5.74, 6) is -0.259. The van der Waals surface area contributed by atoms with Gasteiger partial charge in [0.05, 0.1) is 11.0 Å². The van der Waals surface area contributed by atoms with Crippen molar-refractivity contribution in [1.82, 2.24) is 9.55 Å². The molecule has 0 aliphatic carbocycles. The summed E-state index contributed by atoms with van der Waals surface area (Å²) < 4.78 is 1.84. The van der Waals surface area contributed by atoms with Crippen molar-refractivity contribution in [2.75, 3.05) is 0 Å². The molecular formula is C12H14N2O2. The first-order valence-electron chi connectivity index (χ1n) is 5.28. The standard InChI is InChI=1S/C12H14N2O2/c1-3-8-4-5-10-9(6-8)13-11(14(10)2)7-12(15)16/h4-6H,3,7H2,1-2H3,(H,15,16). The minimum Gasteiger partial charge on any atom is -0.481 e. The topological polar surface area (TPSA) is 55.1 Å². The lowest BCUT2D eigenvalue weighted by atomic mass is 10.1. The molecule has 0 saturated carbocycles. The number of carbonyl (C=O) groups is 1. The van der Waals surface area contributed by atoms with Crippen molar-refractivity contribution in [1.29, 1.82) is 0 Å². The van der Waals surface area contributed by atoms with Crippen LogP contribution in [0, 0.1) is 0 Å². The molecule has 4 nitrogen and oxygen atoms in total. The third kappa shape index (κ3) is 1.78. The number of aromatic nitrogens is 2. The molecule has 1 aromatic carbocycles. The Morgan fingerprint density at radius 3 is 2.88 bits per heavy atom. The van der Waals surface area contributed by atoms with E-state index in [-0.39, 0.29) is 6.42 Å². The number of carboxylic acid groups (broad SMARTS) is 1. The number of rotatable bonds is 3. The van der Waals surface area contributed by atoms with Crippen LogP contribution in [0.1, 0.15) is 18.3 Å². The Kier molecular flexibility index (Phi) is 2.64. The van der Waals surface area contributed by atoms with E-state index < -0.39 is 5.97 Å². The number of nitrogens with zero attached hydrogens (tertiary/aromatic N) is 2. The molecule has 0 fully saturated rings. The van der Waals surface area contributed by atoms with Crippen LogP contribution in [-0.2, 0) is 24.7 Å². The molecule has 2 rings (SSSR count). The molecule has 4 heteroatoms. The Morgan fingerprint density at radius 2 is 2.25 bits per heavy atom. The summed E-state index contributed by atoms with van der Waals surface area (Å²) in [6.07, 6.45) is 0.924. The third-order valence-corrected chi connectivity index (χ3v) is 2.76. The summed E-state index contributed by atoms with van der Waals surface area (Å²) in [6, 6.07) is 6.06. The van der Waals surface area contributed by atoms with Gasteiger partial charge in [0, 0.05) is 7.05 Å². The molecule has 1 aromatic heterocycles. The van der Waals surface area contributed by atoms with Crippen LogP contribution in [0.15, 0.2) is 18.2 Å². The van der Waals surface area contributed by atoms with Gasteiger partial charge in [0.1, 0.15) is 12.2 Å². The van der Waals surface area contributed by atoms with E-state index in [1.807, 2.05) is 23.7 Å². The lowest BCUT2D eigenvalue weighted by Gasteiger charge is -1.99. The van der Waals surface area contributed by atoms with Gasteiger partial charge in [0.2, 0.25) is 0 Å². The zero-order valence-electron chi connectivity index (χ0n) is 9.40. The molecule has 0 aliphatic heterocycles. The van der Waals surface area contributed by atoms with Gasteiger partial charge in [-0.2, -0.15) is 0 Å². The first-order valence-corrected chi connectivity index (χ1v) is 5.28. The van der Waals surface area contributed by atoms with Crippen molar-refractivity contribution in [2.24, 2.45) is 7.05 Å². The maximum atomic E-state index is 10.7. The van der Waals surface area contributed by atoms with Gasteiger partial charge in [0.15, 0.2) is 0 Å². The molecule has 0 aliphatic rings. The molecular weight excluding hydrogens is 204 g/mol. The van der Waals surface area contributed by atoms with Crippen LogP contribution >= 0.6 is 0 Å². The van der Waals surface area contributed by atoms with Crippen molar-refractivity contribution < 1.29 is 9.90 Å². The van der Waals surface area contributed by atoms with Crippen molar-refractivity contribution in [2.45, 2.75) is 19.8 Å². The molecule has 0 radical (unpaired) electrons. The van der Waals surface area contributed by atoms with Crippen LogP contribution in [0.3, 0.4) is 0 Å². The number of hydrogen-bond donors (Lipinski definition) is 1. The lowest BCUT2D eigenvalue weighted by molar-refractivity contribution is -0.136. The molecule has 2 aromatic rings. The van der Waals surface area contributed by atoms with Gasteiger partial charge in [-0.1, -0.05) is 13.0 Å². The molecule has 0 amide bonds. The summed E-state index contributed by atoms with van der Waals surface area (Å²) in [6.45, 7) is 2.09. The second-order valence-electron chi connectivity index (χ2n) is 3.83. The summed E-state index contributed by atoms with van der Waals surface area (Å²) in [5, 5.41) is 8.76. The molecule has 0 saturated heterocycles. The highest BCUT2D eigenvalue weighted by molar-refractivity contribution is 5.78. The van der Waals surface area contributed by atoms with E-state index in [2.05, 4.69) is 18.0 Å². The van der Waals surface area contributed by atoms with Gasteiger partial charge in [-0.15, -0.1) is 0 Å². The van der Waals surface area contributed by atoms with E-state index in [4.69, 9.17) is 5.11 Å². The fraction of sp³-hybridized carbons (Fsp3) is 0.333. The first kappa shape index (κ1) is 10.7. The lowest BCUT2D eigenvalue weighted by Crippen LogP contribution is -2.06. The van der Waals surface area contributed by atoms with Gasteiger partial charge in [0.25, 0.3) is 0 Å². The number of aryl methyl sites for hydroxylation is 2. The van der Waals surface area contributed by atoms with Gasteiger partial charge >= 0.3 is 5.97 Å². The van der Waals surface area contributed by atoms with Crippen LogP contribution in [0.25, 0.3) is 11.0 Å². The van der Waals surface area contributed by atoms with Gasteiger partial charge < -0.3 is 9.67 Å². The molecule has 0 spiro atoms. The third-order valence-electron chi connectivity index (χ3n) is 2.76. The highest BCUT2D eigenvalue weighted by Gasteiger charge is 2.10. The molecule has 0 bridgehead atoms. The Bertz CT molecular complexity index is 543. The van der Waals surface area contributed by atoms with Gasteiger partial charge in [-0.25, -0.2) is 4.98 Å². The smallest absolute Gasteiger partial charge is 0.311 e. The van der Waals surface area contributed by atoms with E-state index in [9.17, 15) is 4.79 Å². The molecule has 16 heavy (non-hydrogen) atoms. The number of hydrogen-bond acceptors (Lipinski definition) is 2. The van der Waals surface area contributed by atoms with Gasteiger partial charge in [-0.3, -0.25) is 4.79 Å². The number of aliphatic carboxylic acids is 1. The highest BCUT2D eigenvalue weighted by Crippen LogP contribution is 2.17. The monoisotopic (exact) mass is 218 g/mol. The van der Waals surface area contributed by atoms with Crippen molar-refractivity contribution in [3.8, 4) is 0 Å². The second-order valence-corrected chi connectivity index (χ2v) is 3.83. The maximum absolute atomic E-state index is 10.7. The normalized spacial score (nSPS) is 10.9. The number of fused-ring (bicyclic) bond motifs is 1. The second kappa shape index (κ2) is 3.96. The zero-order chi connectivity index (χ0) is 11.7. The Balaban J connectivity index is 2.54. The van der Waals surface area contributed by atoms with Crippen LogP contribution in [0.2, 0.25) is 0 Å². The average Bonchev–Trinajstić information content (AvgIpc) is 2.54. The fourth-order valence-corrected chi connectivity index (χ4v) is 1.81. The maximum Gasteiger partial charge on any atom is 0.311 e. The predicted octanol–water partition coefficient (Wildman–Crippen LogP) is 1.76. The zero-order valence-corrected chi connectivity index (χ0v) is 9.40. The van der Waals surface area contributed by atoms with Crippen molar-refractivity contribution >= 4 is 17.0 Å². The Labute approximate surface area is 93.5 Å². The van der Waals surface area contributed by atoms with E-state index in [0.29, 0.717) is 5.82 Å². The van der Waals surface area contributed by atoms with E-state index in [1.165, 1.54) is 5.56 Å². The summed E-state index contributed by atoms with van der Waals surface area (Å²) in [5.41, 5.74) is 3.07. The largest absolute Gasteiger partial charge is 0.481 e. The fourth-order valence-electron chi connectivity index (χ4n) is 1.81.